The molecule has 7 heteroatoms. The van der Waals surface area contributed by atoms with Gasteiger partial charge < -0.3 is 14.2 Å². The Bertz CT molecular complexity index is 905. The number of hydrogen-bond donors (Lipinski definition) is 0. The molecule has 2 rings (SSSR count). The van der Waals surface area contributed by atoms with Gasteiger partial charge in [0.2, 0.25) is 0 Å². The fraction of sp³-hybridized carbons (Fsp3) is 0.462. The topological polar surface area (TPSA) is 27.7 Å². The second-order valence-electron chi connectivity index (χ2n) is 9.72. The van der Waals surface area contributed by atoms with Gasteiger partial charge in [-0.3, -0.25) is 0 Å². The average molecular weight is 534 g/mol. The van der Waals surface area contributed by atoms with Gasteiger partial charge in [-0.25, -0.2) is 0 Å². The van der Waals surface area contributed by atoms with Crippen LogP contribution < -0.4 is 14.2 Å². The summed E-state index contributed by atoms with van der Waals surface area (Å²) in [7, 11) is 0. The van der Waals surface area contributed by atoms with E-state index in [2.05, 4.69) is 46.8 Å². The molecule has 0 aliphatic heterocycles. The van der Waals surface area contributed by atoms with Crippen molar-refractivity contribution in [2.24, 2.45) is 5.41 Å². The van der Waals surface area contributed by atoms with E-state index in [0.717, 1.165) is 12.2 Å². The molecule has 0 fully saturated rings. The van der Waals surface area contributed by atoms with Gasteiger partial charge in [-0.15, -0.1) is 0 Å². The molecule has 0 aliphatic rings. The Kier molecular flexibility index (Phi) is 10.6. The second kappa shape index (κ2) is 12.4. The van der Waals surface area contributed by atoms with Crippen molar-refractivity contribution >= 4 is 46.4 Å². The summed E-state index contributed by atoms with van der Waals surface area (Å²) in [6, 6.07) is 11.6. The molecule has 0 aliphatic carbocycles. The number of ether oxygens (including phenoxy) is 3. The quantitative estimate of drug-likeness (QED) is 0.269. The van der Waals surface area contributed by atoms with Crippen LogP contribution in [0.25, 0.3) is 0 Å². The number of halogens is 4. The summed E-state index contributed by atoms with van der Waals surface area (Å²) < 4.78 is 17.2. The van der Waals surface area contributed by atoms with E-state index in [9.17, 15) is 0 Å². The van der Waals surface area contributed by atoms with Gasteiger partial charge in [0.25, 0.3) is 0 Å². The highest BCUT2D eigenvalue weighted by Crippen LogP contribution is 2.38. The third-order valence-electron chi connectivity index (χ3n) is 4.87. The van der Waals surface area contributed by atoms with Crippen molar-refractivity contribution in [2.45, 2.75) is 52.9 Å². The molecule has 0 radical (unpaired) electrons. The van der Waals surface area contributed by atoms with Crippen LogP contribution in [-0.2, 0) is 5.41 Å². The minimum atomic E-state index is 0.109. The fourth-order valence-corrected chi connectivity index (χ4v) is 4.51. The van der Waals surface area contributed by atoms with Crippen LogP contribution in [0.4, 0.5) is 0 Å². The second-order valence-corrected chi connectivity index (χ2v) is 11.5. The molecule has 33 heavy (non-hydrogen) atoms. The van der Waals surface area contributed by atoms with Crippen molar-refractivity contribution in [3.63, 3.8) is 0 Å². The SMILES string of the molecule is CC(C)(C)CC(C)(C)c1ccc(OCCCOc2c(Cl)cc(OCC=C(Cl)Cl)cc2Cl)cc1. The highest BCUT2D eigenvalue weighted by molar-refractivity contribution is 6.55. The normalized spacial score (nSPS) is 11.8. The Hall–Kier alpha value is -1.26. The van der Waals surface area contributed by atoms with Gasteiger partial charge in [0, 0.05) is 18.6 Å². The lowest BCUT2D eigenvalue weighted by Gasteiger charge is -2.33. The maximum absolute atomic E-state index is 6.29. The van der Waals surface area contributed by atoms with Crippen molar-refractivity contribution in [3.05, 3.63) is 62.6 Å². The Morgan fingerprint density at radius 3 is 1.94 bits per heavy atom. The average Bonchev–Trinajstić information content (AvgIpc) is 2.68. The van der Waals surface area contributed by atoms with E-state index in [-0.39, 0.29) is 21.9 Å². The van der Waals surface area contributed by atoms with E-state index < -0.39 is 0 Å². The number of rotatable bonds is 11. The number of hydrogen-bond acceptors (Lipinski definition) is 3. The lowest BCUT2D eigenvalue weighted by atomic mass is 9.72. The van der Waals surface area contributed by atoms with Crippen LogP contribution in [0.15, 0.2) is 47.0 Å². The molecule has 0 atom stereocenters. The predicted octanol–water partition coefficient (Wildman–Crippen LogP) is 9.25. The van der Waals surface area contributed by atoms with Gasteiger partial charge in [0.15, 0.2) is 5.75 Å². The first-order valence-electron chi connectivity index (χ1n) is 10.9. The van der Waals surface area contributed by atoms with E-state index in [1.54, 1.807) is 12.1 Å². The summed E-state index contributed by atoms with van der Waals surface area (Å²) in [5.74, 6) is 1.76. The zero-order valence-electron chi connectivity index (χ0n) is 19.8. The first-order chi connectivity index (χ1) is 15.4. The first kappa shape index (κ1) is 28.0. The summed E-state index contributed by atoms with van der Waals surface area (Å²) in [5.41, 5.74) is 1.69. The maximum Gasteiger partial charge on any atom is 0.156 e. The Morgan fingerprint density at radius 1 is 0.818 bits per heavy atom. The van der Waals surface area contributed by atoms with Gasteiger partial charge in [-0.1, -0.05) is 93.2 Å². The summed E-state index contributed by atoms with van der Waals surface area (Å²) >= 11 is 23.7. The molecular weight excluding hydrogens is 502 g/mol. The summed E-state index contributed by atoms with van der Waals surface area (Å²) in [4.78, 5) is 0. The Balaban J connectivity index is 1.81. The molecule has 0 N–H and O–H groups in total. The van der Waals surface area contributed by atoms with Gasteiger partial charge in [0.1, 0.15) is 22.6 Å². The fourth-order valence-electron chi connectivity index (χ4n) is 3.81. The van der Waals surface area contributed by atoms with E-state index in [4.69, 9.17) is 60.6 Å². The molecule has 0 saturated heterocycles. The van der Waals surface area contributed by atoms with Crippen molar-refractivity contribution in [1.82, 2.24) is 0 Å². The van der Waals surface area contributed by atoms with Gasteiger partial charge in [-0.05, 0) is 41.0 Å². The first-order valence-corrected chi connectivity index (χ1v) is 12.4. The lowest BCUT2D eigenvalue weighted by molar-refractivity contribution is 0.247. The zero-order valence-corrected chi connectivity index (χ0v) is 22.8. The summed E-state index contributed by atoms with van der Waals surface area (Å²) in [5, 5.41) is 0.737. The zero-order chi connectivity index (χ0) is 24.6. The third kappa shape index (κ3) is 9.86. The molecule has 0 unspecified atom stereocenters. The minimum absolute atomic E-state index is 0.109. The van der Waals surface area contributed by atoms with Crippen LogP contribution in [0.2, 0.25) is 10.0 Å². The summed E-state index contributed by atoms with van der Waals surface area (Å²) in [6.07, 6.45) is 3.31. The van der Waals surface area contributed by atoms with Crippen LogP contribution in [0.5, 0.6) is 17.2 Å². The van der Waals surface area contributed by atoms with Gasteiger partial charge >= 0.3 is 0 Å². The molecule has 0 heterocycles. The van der Waals surface area contributed by atoms with Crippen LogP contribution >= 0.6 is 46.4 Å². The van der Waals surface area contributed by atoms with Crippen LogP contribution in [0, 0.1) is 5.41 Å². The minimum Gasteiger partial charge on any atom is -0.493 e. The van der Waals surface area contributed by atoms with Crippen molar-refractivity contribution in [3.8, 4) is 17.2 Å². The highest BCUT2D eigenvalue weighted by Gasteiger charge is 2.27. The molecule has 0 spiro atoms. The van der Waals surface area contributed by atoms with Crippen molar-refractivity contribution in [2.75, 3.05) is 19.8 Å². The molecule has 2 aromatic rings. The van der Waals surface area contributed by atoms with Crippen LogP contribution in [0.3, 0.4) is 0 Å². The van der Waals surface area contributed by atoms with E-state index in [0.29, 0.717) is 41.2 Å². The van der Waals surface area contributed by atoms with E-state index in [1.807, 2.05) is 12.1 Å². The van der Waals surface area contributed by atoms with Crippen LogP contribution in [0.1, 0.15) is 53.0 Å². The van der Waals surface area contributed by atoms with Crippen molar-refractivity contribution < 1.29 is 14.2 Å². The van der Waals surface area contributed by atoms with E-state index in [1.165, 1.54) is 11.6 Å². The summed E-state index contributed by atoms with van der Waals surface area (Å²) in [6.45, 7) is 12.5. The Morgan fingerprint density at radius 2 is 1.39 bits per heavy atom. The molecule has 0 bridgehead atoms. The molecule has 0 amide bonds. The van der Waals surface area contributed by atoms with Crippen LogP contribution in [-0.4, -0.2) is 19.8 Å². The van der Waals surface area contributed by atoms with Crippen molar-refractivity contribution in [1.29, 1.82) is 0 Å². The Labute approximate surface area is 217 Å². The monoisotopic (exact) mass is 532 g/mol. The smallest absolute Gasteiger partial charge is 0.156 e. The molecule has 3 nitrogen and oxygen atoms in total. The molecule has 2 aromatic carbocycles. The maximum atomic E-state index is 6.29. The molecule has 0 saturated carbocycles. The lowest BCUT2D eigenvalue weighted by Crippen LogP contribution is -2.24. The largest absolute Gasteiger partial charge is 0.493 e. The third-order valence-corrected chi connectivity index (χ3v) is 5.74. The van der Waals surface area contributed by atoms with E-state index >= 15 is 0 Å². The van der Waals surface area contributed by atoms with Gasteiger partial charge in [-0.2, -0.15) is 0 Å². The molecular formula is C26H32Cl4O3. The predicted molar refractivity (Wildman–Crippen MR) is 141 cm³/mol. The number of benzene rings is 2. The molecule has 182 valence electrons. The van der Waals surface area contributed by atoms with Gasteiger partial charge in [0.05, 0.1) is 23.3 Å². The highest BCUT2D eigenvalue weighted by atomic mass is 35.5. The molecule has 0 aromatic heterocycles. The standard InChI is InChI=1S/C26H32Cl4O3/c1-25(2,3)17-26(4,5)18-7-9-19(10-8-18)31-12-6-13-33-24-21(27)15-20(16-22(24)28)32-14-11-23(29)30/h7-11,15-16H,6,12-14,17H2,1-5H3.